The maximum absolute atomic E-state index is 12.9. The SMILES string of the molecule is Cc1ccc(Cn2cnc3c(cnn3CCNC(=O)c3ccc(S(=O)(=O)N4CCCCC4)cc3)c2=O)cc1. The van der Waals surface area contributed by atoms with Crippen LogP contribution in [-0.2, 0) is 23.1 Å². The van der Waals surface area contributed by atoms with E-state index in [0.29, 0.717) is 42.8 Å². The molecule has 38 heavy (non-hydrogen) atoms. The zero-order valence-electron chi connectivity index (χ0n) is 21.2. The van der Waals surface area contributed by atoms with Crippen molar-refractivity contribution in [3.8, 4) is 0 Å². The monoisotopic (exact) mass is 534 g/mol. The van der Waals surface area contributed by atoms with Crippen LogP contribution in [0.5, 0.6) is 0 Å². The molecular formula is C27H30N6O4S. The molecule has 10 nitrogen and oxygen atoms in total. The summed E-state index contributed by atoms with van der Waals surface area (Å²) in [7, 11) is -3.54. The van der Waals surface area contributed by atoms with Gasteiger partial charge in [0.25, 0.3) is 11.5 Å². The van der Waals surface area contributed by atoms with Gasteiger partial charge in [0.1, 0.15) is 11.7 Å². The van der Waals surface area contributed by atoms with Gasteiger partial charge < -0.3 is 5.32 Å². The number of aromatic nitrogens is 4. The van der Waals surface area contributed by atoms with Gasteiger partial charge in [0.15, 0.2) is 5.65 Å². The van der Waals surface area contributed by atoms with Crippen LogP contribution in [0.25, 0.3) is 11.0 Å². The molecule has 1 aliphatic heterocycles. The summed E-state index contributed by atoms with van der Waals surface area (Å²) in [5.41, 5.74) is 2.80. The van der Waals surface area contributed by atoms with E-state index in [2.05, 4.69) is 15.4 Å². The van der Waals surface area contributed by atoms with Gasteiger partial charge in [-0.2, -0.15) is 9.40 Å². The summed E-state index contributed by atoms with van der Waals surface area (Å²) in [6.45, 7) is 4.08. The van der Waals surface area contributed by atoms with Crippen molar-refractivity contribution in [2.75, 3.05) is 19.6 Å². The Balaban J connectivity index is 1.20. The quantitative estimate of drug-likeness (QED) is 0.371. The van der Waals surface area contributed by atoms with Gasteiger partial charge in [-0.15, -0.1) is 0 Å². The number of benzene rings is 2. The summed E-state index contributed by atoms with van der Waals surface area (Å²) in [4.78, 5) is 30.2. The molecule has 0 bridgehead atoms. The van der Waals surface area contributed by atoms with Crippen LogP contribution >= 0.6 is 0 Å². The molecule has 198 valence electrons. The van der Waals surface area contributed by atoms with Crippen LogP contribution in [0.3, 0.4) is 0 Å². The molecule has 0 radical (unpaired) electrons. The highest BCUT2D eigenvalue weighted by Crippen LogP contribution is 2.21. The molecule has 0 saturated carbocycles. The second kappa shape index (κ2) is 10.9. The van der Waals surface area contributed by atoms with Gasteiger partial charge in [0, 0.05) is 25.2 Å². The normalized spacial score (nSPS) is 14.6. The molecule has 11 heteroatoms. The average Bonchev–Trinajstić information content (AvgIpc) is 3.35. The predicted molar refractivity (Wildman–Crippen MR) is 143 cm³/mol. The van der Waals surface area contributed by atoms with Crippen molar-refractivity contribution < 1.29 is 13.2 Å². The minimum absolute atomic E-state index is 0.176. The zero-order valence-corrected chi connectivity index (χ0v) is 22.0. The first kappa shape index (κ1) is 25.8. The van der Waals surface area contributed by atoms with Gasteiger partial charge in [-0.05, 0) is 49.6 Å². The number of rotatable bonds is 8. The molecule has 4 aromatic rings. The molecule has 2 aromatic carbocycles. The molecule has 1 N–H and O–H groups in total. The fourth-order valence-corrected chi connectivity index (χ4v) is 6.09. The number of amides is 1. The topological polar surface area (TPSA) is 119 Å². The molecular weight excluding hydrogens is 504 g/mol. The lowest BCUT2D eigenvalue weighted by Gasteiger charge is -2.25. The Morgan fingerprint density at radius 1 is 1.00 bits per heavy atom. The molecule has 2 aromatic heterocycles. The van der Waals surface area contributed by atoms with Crippen LogP contribution in [-0.4, -0.2) is 57.6 Å². The summed E-state index contributed by atoms with van der Waals surface area (Å²) >= 11 is 0. The third-order valence-electron chi connectivity index (χ3n) is 6.77. The molecule has 0 unspecified atom stereocenters. The van der Waals surface area contributed by atoms with Crippen molar-refractivity contribution in [3.05, 3.63) is 88.1 Å². The van der Waals surface area contributed by atoms with E-state index in [1.807, 2.05) is 31.2 Å². The first-order valence-corrected chi connectivity index (χ1v) is 14.1. The number of fused-ring (bicyclic) bond motifs is 1. The van der Waals surface area contributed by atoms with E-state index in [9.17, 15) is 18.0 Å². The Morgan fingerprint density at radius 2 is 1.71 bits per heavy atom. The molecule has 1 amide bonds. The Morgan fingerprint density at radius 3 is 2.42 bits per heavy atom. The van der Waals surface area contributed by atoms with Crippen LogP contribution in [0.1, 0.15) is 40.7 Å². The van der Waals surface area contributed by atoms with Gasteiger partial charge >= 0.3 is 0 Å². The van der Waals surface area contributed by atoms with Crippen molar-refractivity contribution in [2.24, 2.45) is 0 Å². The number of hydrogen-bond donors (Lipinski definition) is 1. The smallest absolute Gasteiger partial charge is 0.264 e. The Labute approximate surface area is 221 Å². The van der Waals surface area contributed by atoms with Gasteiger partial charge in [-0.25, -0.2) is 18.1 Å². The van der Waals surface area contributed by atoms with Crippen LogP contribution in [0.2, 0.25) is 0 Å². The second-order valence-corrected chi connectivity index (χ2v) is 11.5. The number of nitrogens with zero attached hydrogens (tertiary/aromatic N) is 5. The van der Waals surface area contributed by atoms with E-state index in [1.54, 1.807) is 9.25 Å². The summed E-state index contributed by atoms with van der Waals surface area (Å²) in [5.74, 6) is -0.322. The number of aryl methyl sites for hydroxylation is 1. The van der Waals surface area contributed by atoms with Crippen molar-refractivity contribution in [1.29, 1.82) is 0 Å². The van der Waals surface area contributed by atoms with E-state index in [4.69, 9.17) is 0 Å². The van der Waals surface area contributed by atoms with Crippen LogP contribution < -0.4 is 10.9 Å². The van der Waals surface area contributed by atoms with Gasteiger partial charge in [0.2, 0.25) is 10.0 Å². The third-order valence-corrected chi connectivity index (χ3v) is 8.69. The molecule has 0 spiro atoms. The number of nitrogens with one attached hydrogen (secondary N) is 1. The number of piperidine rings is 1. The minimum Gasteiger partial charge on any atom is -0.350 e. The zero-order chi connectivity index (χ0) is 26.7. The fraction of sp³-hybridized carbons (Fsp3) is 0.333. The summed E-state index contributed by atoms with van der Waals surface area (Å²) in [5, 5.41) is 7.52. The lowest BCUT2D eigenvalue weighted by atomic mass is 10.1. The number of hydrogen-bond acceptors (Lipinski definition) is 6. The van der Waals surface area contributed by atoms with E-state index in [0.717, 1.165) is 30.4 Å². The molecule has 0 aliphatic carbocycles. The van der Waals surface area contributed by atoms with E-state index in [-0.39, 0.29) is 22.9 Å². The van der Waals surface area contributed by atoms with Crippen molar-refractivity contribution in [1.82, 2.24) is 29.0 Å². The Bertz CT molecular complexity index is 1600. The van der Waals surface area contributed by atoms with E-state index >= 15 is 0 Å². The van der Waals surface area contributed by atoms with Crippen LogP contribution in [0, 0.1) is 6.92 Å². The van der Waals surface area contributed by atoms with Crippen molar-refractivity contribution >= 4 is 27.0 Å². The third kappa shape index (κ3) is 5.39. The van der Waals surface area contributed by atoms with Crippen LogP contribution in [0.15, 0.2) is 70.7 Å². The number of sulfonamides is 1. The molecule has 1 fully saturated rings. The van der Waals surface area contributed by atoms with E-state index < -0.39 is 10.0 Å². The Hall–Kier alpha value is -3.83. The highest BCUT2D eigenvalue weighted by Gasteiger charge is 2.26. The number of carbonyl (C=O) groups is 1. The van der Waals surface area contributed by atoms with Gasteiger partial charge in [-0.3, -0.25) is 14.2 Å². The maximum atomic E-state index is 12.9. The molecule has 0 atom stereocenters. The standard InChI is InChI=1S/C27H30N6O4S/c1-20-5-7-21(8-6-20)18-31-19-29-25-24(27(31)35)17-30-33(25)16-13-28-26(34)22-9-11-23(12-10-22)38(36,37)32-14-3-2-4-15-32/h5-12,17,19H,2-4,13-16,18H2,1H3,(H,28,34). The molecule has 3 heterocycles. The van der Waals surface area contributed by atoms with E-state index in [1.165, 1.54) is 41.1 Å². The molecule has 1 saturated heterocycles. The molecule has 1 aliphatic rings. The van der Waals surface area contributed by atoms with Gasteiger partial charge in [0.05, 0.1) is 24.2 Å². The lowest BCUT2D eigenvalue weighted by molar-refractivity contribution is 0.0952. The first-order chi connectivity index (χ1) is 18.3. The lowest BCUT2D eigenvalue weighted by Crippen LogP contribution is -2.35. The minimum atomic E-state index is -3.54. The second-order valence-electron chi connectivity index (χ2n) is 9.51. The first-order valence-electron chi connectivity index (χ1n) is 12.7. The van der Waals surface area contributed by atoms with Crippen molar-refractivity contribution in [3.63, 3.8) is 0 Å². The summed E-state index contributed by atoms with van der Waals surface area (Å²) in [6, 6.07) is 14.0. The largest absolute Gasteiger partial charge is 0.350 e. The Kier molecular flexibility index (Phi) is 7.39. The fourth-order valence-electron chi connectivity index (χ4n) is 4.57. The summed E-state index contributed by atoms with van der Waals surface area (Å²) in [6.07, 6.45) is 5.79. The highest BCUT2D eigenvalue weighted by atomic mass is 32.2. The van der Waals surface area contributed by atoms with Crippen LogP contribution in [0.4, 0.5) is 0 Å². The highest BCUT2D eigenvalue weighted by molar-refractivity contribution is 7.89. The predicted octanol–water partition coefficient (Wildman–Crippen LogP) is 2.55. The van der Waals surface area contributed by atoms with Gasteiger partial charge in [-0.1, -0.05) is 36.2 Å². The van der Waals surface area contributed by atoms with Crippen molar-refractivity contribution in [2.45, 2.75) is 44.2 Å². The number of carbonyl (C=O) groups excluding carboxylic acids is 1. The molecule has 5 rings (SSSR count). The average molecular weight is 535 g/mol. The summed E-state index contributed by atoms with van der Waals surface area (Å²) < 4.78 is 30.3. The maximum Gasteiger partial charge on any atom is 0.264 e.